The number of nitrogens with one attached hydrogen (secondary N) is 1. The Morgan fingerprint density at radius 2 is 2.06 bits per heavy atom. The molecule has 6 N–H and O–H groups in total. The average Bonchev–Trinajstić information content (AvgIpc) is 3.26. The molecule has 32 heavy (non-hydrogen) atoms. The lowest BCUT2D eigenvalue weighted by atomic mass is 10.1. The summed E-state index contributed by atoms with van der Waals surface area (Å²) < 4.78 is 1.68. The fourth-order valence-corrected chi connectivity index (χ4v) is 3.97. The monoisotopic (exact) mass is 434 g/mol. The molecule has 9 nitrogen and oxygen atoms in total. The summed E-state index contributed by atoms with van der Waals surface area (Å²) in [7, 11) is 0. The maximum absolute atomic E-state index is 11.6. The number of anilines is 2. The van der Waals surface area contributed by atoms with Crippen LogP contribution < -0.4 is 21.7 Å². The van der Waals surface area contributed by atoms with Gasteiger partial charge in [-0.2, -0.15) is 0 Å². The van der Waals surface area contributed by atoms with Gasteiger partial charge in [-0.15, -0.1) is 4.68 Å². The Morgan fingerprint density at radius 3 is 2.72 bits per heavy atom. The van der Waals surface area contributed by atoms with Crippen LogP contribution in [-0.2, 0) is 6.54 Å². The lowest BCUT2D eigenvalue weighted by Gasteiger charge is -2.32. The summed E-state index contributed by atoms with van der Waals surface area (Å²) >= 11 is 0. The molecule has 1 unspecified atom stereocenters. The predicted molar refractivity (Wildman–Crippen MR) is 127 cm³/mol. The van der Waals surface area contributed by atoms with E-state index in [1.54, 1.807) is 30.0 Å². The number of aliphatic hydroxyl groups is 1. The highest BCUT2D eigenvalue weighted by molar-refractivity contribution is 6.62. The van der Waals surface area contributed by atoms with Gasteiger partial charge >= 0.3 is 11.9 Å². The highest BCUT2D eigenvalue weighted by atomic mass is 16.3. The smallest absolute Gasteiger partial charge is 0.321 e. The van der Waals surface area contributed by atoms with E-state index in [2.05, 4.69) is 15.4 Å². The molecule has 1 saturated heterocycles. The van der Waals surface area contributed by atoms with Crippen molar-refractivity contribution in [3.8, 4) is 0 Å². The molecule has 2 aliphatic heterocycles. The molecule has 4 rings (SSSR count). The number of rotatable bonds is 5. The summed E-state index contributed by atoms with van der Waals surface area (Å²) in [6.07, 6.45) is 3.15. The van der Waals surface area contributed by atoms with Gasteiger partial charge in [0.2, 0.25) is 0 Å². The van der Waals surface area contributed by atoms with Gasteiger partial charge in [-0.3, -0.25) is 5.73 Å². The first-order valence-electron chi connectivity index (χ1n) is 10.5. The van der Waals surface area contributed by atoms with Crippen LogP contribution in [-0.4, -0.2) is 45.9 Å². The van der Waals surface area contributed by atoms with Crippen LogP contribution in [0.15, 0.2) is 52.6 Å². The summed E-state index contributed by atoms with van der Waals surface area (Å²) in [4.78, 5) is 18.1. The maximum Gasteiger partial charge on any atom is 0.321 e. The van der Waals surface area contributed by atoms with Crippen LogP contribution in [0.25, 0.3) is 0 Å². The van der Waals surface area contributed by atoms with Gasteiger partial charge in [0.05, 0.1) is 11.4 Å². The minimum Gasteiger partial charge on any atom is -0.371 e. The normalized spacial score (nSPS) is 21.6. The number of hydrogen-bond donors (Lipinski definition) is 4. The SMILES string of the molecule is Cc1ccc(C[N+]2=C(N)C(=Nc3ccc(N4CCCC4(C)O)cc3NC(N)=O)C=N2)cc1. The Bertz CT molecular complexity index is 1130. The minimum absolute atomic E-state index is 0.419. The highest BCUT2D eigenvalue weighted by Gasteiger charge is 2.34. The van der Waals surface area contributed by atoms with Crippen LogP contribution in [0, 0.1) is 6.92 Å². The summed E-state index contributed by atoms with van der Waals surface area (Å²) in [6.45, 7) is 5.06. The van der Waals surface area contributed by atoms with Gasteiger partial charge in [0.1, 0.15) is 18.5 Å². The topological polar surface area (TPSA) is 132 Å². The molecule has 166 valence electrons. The van der Waals surface area contributed by atoms with Crippen molar-refractivity contribution in [3.05, 3.63) is 53.6 Å². The lowest BCUT2D eigenvalue weighted by molar-refractivity contribution is -0.546. The second-order valence-corrected chi connectivity index (χ2v) is 8.33. The molecule has 0 spiro atoms. The zero-order chi connectivity index (χ0) is 22.9. The molecule has 1 fully saturated rings. The third-order valence-corrected chi connectivity index (χ3v) is 5.72. The molecule has 2 aromatic carbocycles. The number of carbonyl (C=O) groups excluding carboxylic acids is 1. The van der Waals surface area contributed by atoms with Crippen molar-refractivity contribution in [2.75, 3.05) is 16.8 Å². The Hall–Kier alpha value is -3.72. The van der Waals surface area contributed by atoms with Crippen LogP contribution in [0.5, 0.6) is 0 Å². The van der Waals surface area contributed by atoms with Gasteiger partial charge in [0, 0.05) is 12.2 Å². The number of benzene rings is 2. The first-order valence-corrected chi connectivity index (χ1v) is 10.5. The van der Waals surface area contributed by atoms with E-state index in [0.29, 0.717) is 35.9 Å². The number of amides is 2. The zero-order valence-electron chi connectivity index (χ0n) is 18.2. The van der Waals surface area contributed by atoms with Gasteiger partial charge in [0.25, 0.3) is 0 Å². The van der Waals surface area contributed by atoms with Gasteiger partial charge in [-0.1, -0.05) is 34.9 Å². The van der Waals surface area contributed by atoms with Crippen LogP contribution in [0.2, 0.25) is 0 Å². The van der Waals surface area contributed by atoms with Crippen molar-refractivity contribution >= 4 is 40.9 Å². The first-order chi connectivity index (χ1) is 15.2. The molecule has 1 atom stereocenters. The Labute approximate surface area is 186 Å². The van der Waals surface area contributed by atoms with Crippen LogP contribution in [0.1, 0.15) is 30.9 Å². The van der Waals surface area contributed by atoms with E-state index in [1.165, 1.54) is 5.56 Å². The Morgan fingerprint density at radius 1 is 1.31 bits per heavy atom. The van der Waals surface area contributed by atoms with Crippen molar-refractivity contribution in [1.82, 2.24) is 0 Å². The number of nitrogens with zero attached hydrogens (tertiary/aromatic N) is 4. The molecule has 0 saturated carbocycles. The molecule has 0 aliphatic carbocycles. The number of nitrogens with two attached hydrogens (primary N) is 2. The second kappa shape index (κ2) is 8.43. The fraction of sp³-hybridized carbons (Fsp3) is 0.304. The predicted octanol–water partition coefficient (Wildman–Crippen LogP) is 2.44. The van der Waals surface area contributed by atoms with Gasteiger partial charge in [-0.25, -0.2) is 9.79 Å². The Balaban J connectivity index is 1.64. The summed E-state index contributed by atoms with van der Waals surface area (Å²) in [5.41, 5.74) is 15.2. The number of aryl methyl sites for hydroxylation is 1. The van der Waals surface area contributed by atoms with E-state index < -0.39 is 11.8 Å². The molecule has 2 aliphatic rings. The van der Waals surface area contributed by atoms with Gasteiger partial charge in [0.15, 0.2) is 5.71 Å². The van der Waals surface area contributed by atoms with Crippen LogP contribution in [0.4, 0.5) is 21.9 Å². The number of hydrazone groups is 1. The maximum atomic E-state index is 11.6. The fourth-order valence-electron chi connectivity index (χ4n) is 3.97. The molecule has 2 aromatic rings. The number of carbonyl (C=O) groups is 1. The number of urea groups is 1. The minimum atomic E-state index is -0.940. The lowest BCUT2D eigenvalue weighted by Crippen LogP contribution is -2.40. The molecule has 0 aromatic heterocycles. The largest absolute Gasteiger partial charge is 0.371 e. The molecular formula is C23H28N7O2+. The summed E-state index contributed by atoms with van der Waals surface area (Å²) in [6, 6.07) is 12.8. The number of amidine groups is 1. The third-order valence-electron chi connectivity index (χ3n) is 5.72. The standard InChI is InChI=1S/C23H27N7O2/c1-15-4-6-16(7-5-15)14-30-21(24)20(13-26-30)27-18-9-8-17(12-19(18)28-22(25)31)29-11-3-10-23(29,2)32/h4-9,12-13,32H,3,10-11,14H2,1-2H3,(H4,24,25,26,28,31)/p+1. The van der Waals surface area contributed by atoms with Gasteiger partial charge < -0.3 is 21.1 Å². The van der Waals surface area contributed by atoms with Crippen molar-refractivity contribution in [3.63, 3.8) is 0 Å². The van der Waals surface area contributed by atoms with Crippen LogP contribution in [0.3, 0.4) is 0 Å². The quantitative estimate of drug-likeness (QED) is 0.538. The van der Waals surface area contributed by atoms with E-state index in [-0.39, 0.29) is 0 Å². The number of primary amides is 1. The molecule has 0 radical (unpaired) electrons. The van der Waals surface area contributed by atoms with E-state index in [1.807, 2.05) is 42.2 Å². The first kappa shape index (κ1) is 21.5. The molecule has 9 heteroatoms. The second-order valence-electron chi connectivity index (χ2n) is 8.33. The Kier molecular flexibility index (Phi) is 5.67. The van der Waals surface area contributed by atoms with E-state index in [0.717, 1.165) is 24.2 Å². The molecule has 0 bridgehead atoms. The zero-order valence-corrected chi connectivity index (χ0v) is 18.2. The van der Waals surface area contributed by atoms with E-state index in [4.69, 9.17) is 11.5 Å². The van der Waals surface area contributed by atoms with Crippen molar-refractivity contribution in [2.45, 2.75) is 39.0 Å². The van der Waals surface area contributed by atoms with E-state index >= 15 is 0 Å². The average molecular weight is 435 g/mol. The van der Waals surface area contributed by atoms with Crippen molar-refractivity contribution < 1.29 is 14.6 Å². The van der Waals surface area contributed by atoms with Crippen molar-refractivity contribution in [2.24, 2.45) is 21.6 Å². The summed E-state index contributed by atoms with van der Waals surface area (Å²) in [5, 5.41) is 17.6. The highest BCUT2D eigenvalue weighted by Crippen LogP contribution is 2.36. The number of aliphatic imine (C=N–C) groups is 1. The van der Waals surface area contributed by atoms with E-state index in [9.17, 15) is 9.90 Å². The molecule has 2 heterocycles. The summed E-state index contributed by atoms with van der Waals surface area (Å²) in [5.74, 6) is 0.419. The number of hydrogen-bond acceptors (Lipinski definition) is 6. The molecular weight excluding hydrogens is 406 g/mol. The van der Waals surface area contributed by atoms with Crippen LogP contribution >= 0.6 is 0 Å². The van der Waals surface area contributed by atoms with Gasteiger partial charge in [-0.05, 0) is 50.5 Å². The molecule has 2 amide bonds. The third kappa shape index (κ3) is 4.47. The van der Waals surface area contributed by atoms with Crippen molar-refractivity contribution in [1.29, 1.82) is 0 Å².